The van der Waals surface area contributed by atoms with Gasteiger partial charge in [0.25, 0.3) is 0 Å². The number of amides is 1. The lowest BCUT2D eigenvalue weighted by Crippen LogP contribution is -2.38. The summed E-state index contributed by atoms with van der Waals surface area (Å²) >= 11 is 0. The van der Waals surface area contributed by atoms with Crippen molar-refractivity contribution in [2.75, 3.05) is 23.7 Å². The number of hydrogen-bond acceptors (Lipinski definition) is 4. The minimum absolute atomic E-state index is 0.0411. The molecule has 18 heavy (non-hydrogen) atoms. The number of nitrogen functional groups attached to an aromatic ring is 1. The van der Waals surface area contributed by atoms with Crippen LogP contribution in [-0.2, 0) is 4.79 Å². The van der Waals surface area contributed by atoms with E-state index in [1.807, 2.05) is 6.07 Å². The first kappa shape index (κ1) is 12.2. The van der Waals surface area contributed by atoms with Gasteiger partial charge < -0.3 is 16.4 Å². The number of anilines is 2. The van der Waals surface area contributed by atoms with Crippen LogP contribution in [0.5, 0.6) is 0 Å². The second-order valence-corrected chi connectivity index (χ2v) is 4.55. The van der Waals surface area contributed by atoms with Gasteiger partial charge in [0.2, 0.25) is 5.91 Å². The molecule has 94 valence electrons. The summed E-state index contributed by atoms with van der Waals surface area (Å²) in [6, 6.07) is 7.48. The summed E-state index contributed by atoms with van der Waals surface area (Å²) in [5, 5.41) is 9.11. The molecule has 1 aromatic rings. The maximum Gasteiger partial charge on any atom is 0.220 e. The number of rotatable bonds is 2. The van der Waals surface area contributed by atoms with Gasteiger partial charge in [0.15, 0.2) is 0 Å². The van der Waals surface area contributed by atoms with Crippen molar-refractivity contribution in [2.45, 2.75) is 12.8 Å². The van der Waals surface area contributed by atoms with Crippen molar-refractivity contribution in [3.05, 3.63) is 23.8 Å². The number of nitriles is 1. The number of nitrogens with two attached hydrogens (primary N) is 2. The van der Waals surface area contributed by atoms with Crippen LogP contribution in [0.2, 0.25) is 0 Å². The molecule has 5 heteroatoms. The van der Waals surface area contributed by atoms with Crippen LogP contribution >= 0.6 is 0 Å². The molecular formula is C13H16N4O. The standard InChI is InChI=1S/C13H16N4O/c14-8-10-7-11(15)1-2-12(10)17-5-3-9(4-6-17)13(16)18/h1-2,7,9H,3-6,15H2,(H2,16,18). The van der Waals surface area contributed by atoms with Crippen LogP contribution in [0, 0.1) is 17.2 Å². The number of carbonyl (C=O) groups excluding carboxylic acids is 1. The largest absolute Gasteiger partial charge is 0.399 e. The molecule has 0 spiro atoms. The lowest BCUT2D eigenvalue weighted by Gasteiger charge is -2.32. The Bertz CT molecular complexity index is 498. The predicted octanol–water partition coefficient (Wildman–Crippen LogP) is 0.842. The highest BCUT2D eigenvalue weighted by atomic mass is 16.1. The van der Waals surface area contributed by atoms with Crippen LogP contribution in [0.3, 0.4) is 0 Å². The van der Waals surface area contributed by atoms with Crippen LogP contribution in [0.15, 0.2) is 18.2 Å². The van der Waals surface area contributed by atoms with Crippen molar-refractivity contribution in [3.8, 4) is 6.07 Å². The van der Waals surface area contributed by atoms with Crippen molar-refractivity contribution in [3.63, 3.8) is 0 Å². The third-order valence-corrected chi connectivity index (χ3v) is 3.38. The first-order chi connectivity index (χ1) is 8.61. The van der Waals surface area contributed by atoms with Gasteiger partial charge in [0, 0.05) is 24.7 Å². The number of piperidine rings is 1. The van der Waals surface area contributed by atoms with Gasteiger partial charge in [-0.1, -0.05) is 0 Å². The third-order valence-electron chi connectivity index (χ3n) is 3.38. The molecule has 0 radical (unpaired) electrons. The highest BCUT2D eigenvalue weighted by molar-refractivity contribution is 5.77. The normalized spacial score (nSPS) is 16.3. The molecule has 1 heterocycles. The Kier molecular flexibility index (Phi) is 3.38. The fourth-order valence-corrected chi connectivity index (χ4v) is 2.32. The van der Waals surface area contributed by atoms with Crippen molar-refractivity contribution in [2.24, 2.45) is 11.7 Å². The third kappa shape index (κ3) is 2.38. The molecule has 0 aliphatic carbocycles. The molecule has 1 aliphatic rings. The Morgan fingerprint density at radius 3 is 2.61 bits per heavy atom. The Balaban J connectivity index is 2.15. The van der Waals surface area contributed by atoms with Crippen LogP contribution in [-0.4, -0.2) is 19.0 Å². The van der Waals surface area contributed by atoms with Crippen molar-refractivity contribution in [1.29, 1.82) is 5.26 Å². The molecule has 5 nitrogen and oxygen atoms in total. The fourth-order valence-electron chi connectivity index (χ4n) is 2.32. The number of hydrogen-bond donors (Lipinski definition) is 2. The molecule has 4 N–H and O–H groups in total. The van der Waals surface area contributed by atoms with Crippen LogP contribution in [0.4, 0.5) is 11.4 Å². The van der Waals surface area contributed by atoms with Crippen molar-refractivity contribution >= 4 is 17.3 Å². The Hall–Kier alpha value is -2.22. The van der Waals surface area contributed by atoms with Crippen LogP contribution < -0.4 is 16.4 Å². The molecule has 0 saturated carbocycles. The monoisotopic (exact) mass is 244 g/mol. The van der Waals surface area contributed by atoms with Gasteiger partial charge in [-0.05, 0) is 31.0 Å². The van der Waals surface area contributed by atoms with E-state index in [1.165, 1.54) is 0 Å². The van der Waals surface area contributed by atoms with E-state index in [1.54, 1.807) is 12.1 Å². The van der Waals surface area contributed by atoms with E-state index >= 15 is 0 Å². The molecule has 1 saturated heterocycles. The summed E-state index contributed by atoms with van der Waals surface area (Å²) in [6.07, 6.45) is 1.48. The summed E-state index contributed by atoms with van der Waals surface area (Å²) in [6.45, 7) is 1.48. The van der Waals surface area contributed by atoms with Gasteiger partial charge >= 0.3 is 0 Å². The number of primary amides is 1. The van der Waals surface area contributed by atoms with Crippen LogP contribution in [0.1, 0.15) is 18.4 Å². The highest BCUT2D eigenvalue weighted by Crippen LogP contribution is 2.27. The molecule has 1 amide bonds. The van der Waals surface area contributed by atoms with Gasteiger partial charge in [-0.2, -0.15) is 5.26 Å². The molecule has 2 rings (SSSR count). The Morgan fingerprint density at radius 2 is 2.06 bits per heavy atom. The minimum Gasteiger partial charge on any atom is -0.399 e. The van der Waals surface area contributed by atoms with E-state index in [0.29, 0.717) is 11.3 Å². The van der Waals surface area contributed by atoms with E-state index in [9.17, 15) is 4.79 Å². The maximum absolute atomic E-state index is 11.1. The molecule has 0 unspecified atom stereocenters. The van der Waals surface area contributed by atoms with E-state index < -0.39 is 0 Å². The summed E-state index contributed by atoms with van der Waals surface area (Å²) in [4.78, 5) is 13.2. The van der Waals surface area contributed by atoms with Gasteiger partial charge in [-0.15, -0.1) is 0 Å². The molecule has 0 aromatic heterocycles. The summed E-state index contributed by atoms with van der Waals surface area (Å²) in [7, 11) is 0. The fraction of sp³-hybridized carbons (Fsp3) is 0.385. The lowest BCUT2D eigenvalue weighted by atomic mass is 9.95. The first-order valence-corrected chi connectivity index (χ1v) is 5.95. The van der Waals surface area contributed by atoms with Gasteiger partial charge in [-0.25, -0.2) is 0 Å². The van der Waals surface area contributed by atoms with E-state index in [2.05, 4.69) is 11.0 Å². The second-order valence-electron chi connectivity index (χ2n) is 4.55. The predicted molar refractivity (Wildman–Crippen MR) is 69.7 cm³/mol. The Morgan fingerprint density at radius 1 is 1.39 bits per heavy atom. The molecule has 0 atom stereocenters. The molecule has 0 bridgehead atoms. The molecule has 1 fully saturated rings. The van der Waals surface area contributed by atoms with Gasteiger partial charge in [-0.3, -0.25) is 4.79 Å². The van der Waals surface area contributed by atoms with E-state index in [0.717, 1.165) is 31.6 Å². The number of benzene rings is 1. The number of carbonyl (C=O) groups is 1. The highest BCUT2D eigenvalue weighted by Gasteiger charge is 2.24. The smallest absolute Gasteiger partial charge is 0.220 e. The quantitative estimate of drug-likeness (QED) is 0.753. The minimum atomic E-state index is -0.229. The average Bonchev–Trinajstić information content (AvgIpc) is 2.38. The Labute approximate surface area is 106 Å². The van der Waals surface area contributed by atoms with Crippen molar-refractivity contribution in [1.82, 2.24) is 0 Å². The molecule has 1 aliphatic heterocycles. The average molecular weight is 244 g/mol. The zero-order valence-electron chi connectivity index (χ0n) is 10.1. The first-order valence-electron chi connectivity index (χ1n) is 5.95. The zero-order valence-corrected chi connectivity index (χ0v) is 10.1. The maximum atomic E-state index is 11.1. The molecule has 1 aromatic carbocycles. The molecular weight excluding hydrogens is 228 g/mol. The second kappa shape index (κ2) is 4.96. The summed E-state index contributed by atoms with van der Waals surface area (Å²) in [5.74, 6) is -0.270. The van der Waals surface area contributed by atoms with Crippen LogP contribution in [0.25, 0.3) is 0 Å². The van der Waals surface area contributed by atoms with Gasteiger partial charge in [0.1, 0.15) is 6.07 Å². The van der Waals surface area contributed by atoms with E-state index in [-0.39, 0.29) is 11.8 Å². The van der Waals surface area contributed by atoms with Crippen molar-refractivity contribution < 1.29 is 4.79 Å². The van der Waals surface area contributed by atoms with E-state index in [4.69, 9.17) is 16.7 Å². The zero-order chi connectivity index (χ0) is 13.1. The summed E-state index contributed by atoms with van der Waals surface area (Å²) < 4.78 is 0. The SMILES string of the molecule is N#Cc1cc(N)ccc1N1CCC(C(N)=O)CC1. The summed E-state index contributed by atoms with van der Waals surface area (Å²) in [5.41, 5.74) is 13.0. The number of nitrogens with zero attached hydrogens (tertiary/aromatic N) is 2. The topological polar surface area (TPSA) is 96.1 Å². The lowest BCUT2D eigenvalue weighted by molar-refractivity contribution is -0.122. The van der Waals surface area contributed by atoms with Gasteiger partial charge in [0.05, 0.1) is 11.3 Å².